The highest BCUT2D eigenvalue weighted by Crippen LogP contribution is 2.17. The molecule has 1 fully saturated rings. The van der Waals surface area contributed by atoms with E-state index in [0.29, 0.717) is 6.54 Å². The minimum Gasteiger partial charge on any atom is -0.447 e. The molecule has 0 bridgehead atoms. The lowest BCUT2D eigenvalue weighted by Crippen LogP contribution is -2.48. The molecule has 1 aliphatic heterocycles. The maximum Gasteiger partial charge on any atom is 0.410 e. The summed E-state index contributed by atoms with van der Waals surface area (Å²) >= 11 is 0. The fraction of sp³-hybridized carbons (Fsp3) is 0.900. The summed E-state index contributed by atoms with van der Waals surface area (Å²) in [5, 5.41) is 0. The van der Waals surface area contributed by atoms with Crippen molar-refractivity contribution in [1.82, 2.24) is 4.90 Å². The second kappa shape index (κ2) is 4.64. The zero-order chi connectivity index (χ0) is 10.7. The molecule has 2 unspecified atom stereocenters. The fourth-order valence-corrected chi connectivity index (χ4v) is 1.75. The quantitative estimate of drug-likeness (QED) is 0.695. The number of nitrogens with two attached hydrogens (primary N) is 1. The first kappa shape index (κ1) is 11.3. The number of hydrogen-bond donors (Lipinski definition) is 1. The van der Waals surface area contributed by atoms with Gasteiger partial charge in [0.15, 0.2) is 0 Å². The first-order chi connectivity index (χ1) is 6.50. The number of carbonyl (C=O) groups excluding carboxylic acids is 1. The van der Waals surface area contributed by atoms with Gasteiger partial charge in [-0.25, -0.2) is 4.79 Å². The molecule has 82 valence electrons. The normalized spacial score (nSPS) is 27.9. The lowest BCUT2D eigenvalue weighted by Gasteiger charge is -2.35. The molecular formula is C10H20N2O2. The topological polar surface area (TPSA) is 55.6 Å². The van der Waals surface area contributed by atoms with Crippen molar-refractivity contribution in [3.05, 3.63) is 0 Å². The maximum atomic E-state index is 11.6. The Bertz CT molecular complexity index is 206. The van der Waals surface area contributed by atoms with Gasteiger partial charge in [-0.1, -0.05) is 0 Å². The predicted molar refractivity (Wildman–Crippen MR) is 55.0 cm³/mol. The third-order valence-electron chi connectivity index (χ3n) is 2.49. The molecule has 1 aliphatic rings. The highest BCUT2D eigenvalue weighted by Gasteiger charge is 2.28. The molecule has 0 aromatic rings. The van der Waals surface area contributed by atoms with E-state index in [1.807, 2.05) is 20.8 Å². The first-order valence-electron chi connectivity index (χ1n) is 5.23. The Kier molecular flexibility index (Phi) is 3.75. The smallest absolute Gasteiger partial charge is 0.410 e. The maximum absolute atomic E-state index is 11.6. The summed E-state index contributed by atoms with van der Waals surface area (Å²) in [5.74, 6) is 0. The number of hydrogen-bond acceptors (Lipinski definition) is 3. The zero-order valence-electron chi connectivity index (χ0n) is 9.19. The molecule has 0 aromatic carbocycles. The van der Waals surface area contributed by atoms with Crippen LogP contribution in [0.3, 0.4) is 0 Å². The first-order valence-corrected chi connectivity index (χ1v) is 5.23. The largest absolute Gasteiger partial charge is 0.447 e. The summed E-state index contributed by atoms with van der Waals surface area (Å²) in [4.78, 5) is 13.4. The molecule has 14 heavy (non-hydrogen) atoms. The lowest BCUT2D eigenvalue weighted by molar-refractivity contribution is 0.0538. The molecule has 4 nitrogen and oxygen atoms in total. The zero-order valence-corrected chi connectivity index (χ0v) is 9.19. The molecule has 2 atom stereocenters. The molecule has 2 N–H and O–H groups in total. The van der Waals surface area contributed by atoms with Gasteiger partial charge in [-0.15, -0.1) is 0 Å². The second-order valence-electron chi connectivity index (χ2n) is 4.26. The Morgan fingerprint density at radius 2 is 2.21 bits per heavy atom. The van der Waals surface area contributed by atoms with Crippen LogP contribution in [-0.2, 0) is 4.74 Å². The van der Waals surface area contributed by atoms with Gasteiger partial charge in [0.2, 0.25) is 0 Å². The van der Waals surface area contributed by atoms with Crippen molar-refractivity contribution < 1.29 is 9.53 Å². The lowest BCUT2D eigenvalue weighted by atomic mass is 10.00. The predicted octanol–water partition coefficient (Wildman–Crippen LogP) is 1.34. The van der Waals surface area contributed by atoms with E-state index in [9.17, 15) is 4.79 Å². The van der Waals surface area contributed by atoms with Crippen molar-refractivity contribution >= 4 is 6.09 Å². The van der Waals surface area contributed by atoms with E-state index >= 15 is 0 Å². The SMILES string of the molecule is CC(C)OC(=O)N1CCC(N)CC1C. The van der Waals surface area contributed by atoms with E-state index < -0.39 is 0 Å². The highest BCUT2D eigenvalue weighted by molar-refractivity contribution is 5.68. The average molecular weight is 200 g/mol. The van der Waals surface area contributed by atoms with E-state index in [4.69, 9.17) is 10.5 Å². The number of nitrogens with zero attached hydrogens (tertiary/aromatic N) is 1. The Morgan fingerprint density at radius 3 is 2.71 bits per heavy atom. The van der Waals surface area contributed by atoms with Gasteiger partial charge in [0, 0.05) is 18.6 Å². The molecule has 0 aliphatic carbocycles. The minimum absolute atomic E-state index is 0.0506. The van der Waals surface area contributed by atoms with E-state index in [1.54, 1.807) is 4.90 Å². The molecule has 0 saturated carbocycles. The molecule has 0 spiro atoms. The van der Waals surface area contributed by atoms with Crippen LogP contribution in [0.25, 0.3) is 0 Å². The van der Waals surface area contributed by atoms with Crippen LogP contribution in [0.5, 0.6) is 0 Å². The van der Waals surface area contributed by atoms with Crippen LogP contribution in [0.2, 0.25) is 0 Å². The second-order valence-corrected chi connectivity index (χ2v) is 4.26. The van der Waals surface area contributed by atoms with Gasteiger partial charge in [-0.3, -0.25) is 0 Å². The van der Waals surface area contributed by atoms with Crippen LogP contribution in [0.1, 0.15) is 33.6 Å². The monoisotopic (exact) mass is 200 g/mol. The summed E-state index contributed by atoms with van der Waals surface area (Å²) in [6.07, 6.45) is 1.48. The molecule has 1 saturated heterocycles. The summed E-state index contributed by atoms with van der Waals surface area (Å²) < 4.78 is 5.14. The van der Waals surface area contributed by atoms with Crippen molar-refractivity contribution in [3.63, 3.8) is 0 Å². The average Bonchev–Trinajstić information content (AvgIpc) is 2.01. The van der Waals surface area contributed by atoms with Crippen molar-refractivity contribution in [3.8, 4) is 0 Å². The van der Waals surface area contributed by atoms with E-state index in [1.165, 1.54) is 0 Å². The van der Waals surface area contributed by atoms with E-state index in [2.05, 4.69) is 0 Å². The Hall–Kier alpha value is -0.770. The summed E-state index contributed by atoms with van der Waals surface area (Å²) in [5.41, 5.74) is 5.81. The Morgan fingerprint density at radius 1 is 1.57 bits per heavy atom. The van der Waals surface area contributed by atoms with Crippen LogP contribution >= 0.6 is 0 Å². The van der Waals surface area contributed by atoms with Gasteiger partial charge in [-0.2, -0.15) is 0 Å². The molecule has 1 heterocycles. The van der Waals surface area contributed by atoms with Gasteiger partial charge < -0.3 is 15.4 Å². The number of carbonyl (C=O) groups is 1. The van der Waals surface area contributed by atoms with E-state index in [-0.39, 0.29) is 24.3 Å². The number of piperidine rings is 1. The van der Waals surface area contributed by atoms with Crippen molar-refractivity contribution in [1.29, 1.82) is 0 Å². The van der Waals surface area contributed by atoms with Crippen LogP contribution in [0.4, 0.5) is 4.79 Å². The van der Waals surface area contributed by atoms with Gasteiger partial charge in [0.25, 0.3) is 0 Å². The molecule has 1 amide bonds. The molecular weight excluding hydrogens is 180 g/mol. The minimum atomic E-state index is -0.209. The van der Waals surface area contributed by atoms with Gasteiger partial charge in [0.1, 0.15) is 0 Å². The summed E-state index contributed by atoms with van der Waals surface area (Å²) in [6, 6.07) is 0.429. The van der Waals surface area contributed by atoms with E-state index in [0.717, 1.165) is 12.8 Å². The summed E-state index contributed by atoms with van der Waals surface area (Å²) in [7, 11) is 0. The van der Waals surface area contributed by atoms with Crippen LogP contribution in [0.15, 0.2) is 0 Å². The molecule has 4 heteroatoms. The van der Waals surface area contributed by atoms with Gasteiger partial charge in [-0.05, 0) is 33.6 Å². The summed E-state index contributed by atoms with van der Waals surface area (Å²) in [6.45, 7) is 6.45. The van der Waals surface area contributed by atoms with Crippen LogP contribution in [0, 0.1) is 0 Å². The van der Waals surface area contributed by atoms with Crippen LogP contribution in [-0.4, -0.2) is 35.7 Å². The van der Waals surface area contributed by atoms with Crippen molar-refractivity contribution in [2.45, 2.75) is 51.8 Å². The van der Waals surface area contributed by atoms with Crippen LogP contribution < -0.4 is 5.73 Å². The molecule has 0 aromatic heterocycles. The highest BCUT2D eigenvalue weighted by atomic mass is 16.6. The third kappa shape index (κ3) is 2.87. The Balaban J connectivity index is 2.47. The molecule has 1 rings (SSSR count). The number of amides is 1. The fourth-order valence-electron chi connectivity index (χ4n) is 1.75. The van der Waals surface area contributed by atoms with Gasteiger partial charge >= 0.3 is 6.09 Å². The number of rotatable bonds is 1. The van der Waals surface area contributed by atoms with Crippen molar-refractivity contribution in [2.75, 3.05) is 6.54 Å². The third-order valence-corrected chi connectivity index (χ3v) is 2.49. The Labute approximate surface area is 85.4 Å². The van der Waals surface area contributed by atoms with Crippen molar-refractivity contribution in [2.24, 2.45) is 5.73 Å². The number of ether oxygens (including phenoxy) is 1. The molecule has 0 radical (unpaired) electrons. The standard InChI is InChI=1S/C10H20N2O2/c1-7(2)14-10(13)12-5-4-9(11)6-8(12)3/h7-9H,4-6,11H2,1-3H3. The number of likely N-dealkylation sites (tertiary alicyclic amines) is 1. The van der Waals surface area contributed by atoms with Gasteiger partial charge in [0.05, 0.1) is 6.10 Å².